The smallest absolute Gasteiger partial charge is 0.211 e. The first-order valence-corrected chi connectivity index (χ1v) is 7.58. The molecule has 1 aromatic carbocycles. The Morgan fingerprint density at radius 1 is 1.39 bits per heavy atom. The van der Waals surface area contributed by atoms with E-state index in [0.717, 1.165) is 6.42 Å². The first-order chi connectivity index (χ1) is 8.48. The van der Waals surface area contributed by atoms with Crippen molar-refractivity contribution in [1.82, 2.24) is 4.72 Å². The molecule has 0 saturated carbocycles. The molecule has 0 atom stereocenters. The van der Waals surface area contributed by atoms with Crippen molar-refractivity contribution in [1.29, 1.82) is 0 Å². The fraction of sp³-hybridized carbons (Fsp3) is 0.500. The topological polar surface area (TPSA) is 72.2 Å². The first-order valence-electron chi connectivity index (χ1n) is 5.93. The van der Waals surface area contributed by atoms with Gasteiger partial charge in [0.2, 0.25) is 10.0 Å². The van der Waals surface area contributed by atoms with E-state index in [9.17, 15) is 12.8 Å². The van der Waals surface area contributed by atoms with Gasteiger partial charge in [0.05, 0.1) is 5.75 Å². The highest BCUT2D eigenvalue weighted by atomic mass is 32.2. The van der Waals surface area contributed by atoms with E-state index in [1.54, 1.807) is 12.1 Å². The predicted molar refractivity (Wildman–Crippen MR) is 69.8 cm³/mol. The minimum atomic E-state index is -3.32. The Balaban J connectivity index is 2.63. The van der Waals surface area contributed by atoms with E-state index in [-0.39, 0.29) is 18.8 Å². The zero-order chi connectivity index (χ0) is 13.6. The summed E-state index contributed by atoms with van der Waals surface area (Å²) < 4.78 is 39.1. The largest absolute Gasteiger partial charge is 0.326 e. The van der Waals surface area contributed by atoms with Gasteiger partial charge in [0.1, 0.15) is 5.82 Å². The van der Waals surface area contributed by atoms with E-state index in [0.29, 0.717) is 17.5 Å². The van der Waals surface area contributed by atoms with Crippen LogP contribution in [0.4, 0.5) is 4.39 Å². The first kappa shape index (κ1) is 15.1. The van der Waals surface area contributed by atoms with Crippen LogP contribution < -0.4 is 10.5 Å². The van der Waals surface area contributed by atoms with Crippen LogP contribution in [0.1, 0.15) is 30.9 Å². The van der Waals surface area contributed by atoms with Crippen LogP contribution in [-0.2, 0) is 23.1 Å². The molecule has 0 bridgehead atoms. The minimum Gasteiger partial charge on any atom is -0.326 e. The quantitative estimate of drug-likeness (QED) is 0.791. The van der Waals surface area contributed by atoms with Crippen LogP contribution in [0.3, 0.4) is 0 Å². The van der Waals surface area contributed by atoms with Gasteiger partial charge in [-0.2, -0.15) is 0 Å². The van der Waals surface area contributed by atoms with Gasteiger partial charge < -0.3 is 5.73 Å². The Kier molecular flexibility index (Phi) is 5.71. The van der Waals surface area contributed by atoms with Crippen molar-refractivity contribution >= 4 is 10.0 Å². The summed E-state index contributed by atoms with van der Waals surface area (Å²) in [6.07, 6.45) is 1.41. The van der Waals surface area contributed by atoms with Crippen LogP contribution in [0, 0.1) is 5.82 Å². The second-order valence-corrected chi connectivity index (χ2v) is 6.05. The van der Waals surface area contributed by atoms with Crippen molar-refractivity contribution in [2.24, 2.45) is 5.73 Å². The molecule has 1 rings (SSSR count). The number of benzene rings is 1. The van der Waals surface area contributed by atoms with E-state index in [4.69, 9.17) is 5.73 Å². The van der Waals surface area contributed by atoms with Crippen molar-refractivity contribution in [2.75, 3.05) is 5.75 Å². The highest BCUT2D eigenvalue weighted by molar-refractivity contribution is 7.89. The molecule has 0 aliphatic carbocycles. The zero-order valence-corrected chi connectivity index (χ0v) is 11.3. The second-order valence-electron chi connectivity index (χ2n) is 4.12. The SMILES string of the molecule is CCCCS(=O)(=O)NCc1ccc(CN)cc1F. The Labute approximate surface area is 107 Å². The van der Waals surface area contributed by atoms with Gasteiger partial charge in [-0.3, -0.25) is 0 Å². The van der Waals surface area contributed by atoms with Gasteiger partial charge in [0.15, 0.2) is 0 Å². The van der Waals surface area contributed by atoms with E-state index in [1.165, 1.54) is 6.07 Å². The van der Waals surface area contributed by atoms with Gasteiger partial charge >= 0.3 is 0 Å². The number of halogens is 1. The fourth-order valence-corrected chi connectivity index (χ4v) is 2.64. The summed E-state index contributed by atoms with van der Waals surface area (Å²) in [5.74, 6) is -0.359. The molecular weight excluding hydrogens is 255 g/mol. The number of rotatable bonds is 7. The molecule has 0 radical (unpaired) electrons. The predicted octanol–water partition coefficient (Wildman–Crippen LogP) is 1.50. The molecule has 1 aromatic rings. The molecule has 0 unspecified atom stereocenters. The maximum Gasteiger partial charge on any atom is 0.211 e. The van der Waals surface area contributed by atoms with Crippen LogP contribution in [0.25, 0.3) is 0 Å². The van der Waals surface area contributed by atoms with Crippen molar-refractivity contribution in [2.45, 2.75) is 32.9 Å². The van der Waals surface area contributed by atoms with Crippen LogP contribution in [0.15, 0.2) is 18.2 Å². The summed E-state index contributed by atoms with van der Waals surface area (Å²) >= 11 is 0. The lowest BCUT2D eigenvalue weighted by Crippen LogP contribution is -2.26. The van der Waals surface area contributed by atoms with Gasteiger partial charge in [0.25, 0.3) is 0 Å². The van der Waals surface area contributed by atoms with Crippen LogP contribution in [0.5, 0.6) is 0 Å². The third-order valence-corrected chi connectivity index (χ3v) is 4.01. The molecule has 102 valence electrons. The minimum absolute atomic E-state index is 0.0251. The summed E-state index contributed by atoms with van der Waals surface area (Å²) in [6.45, 7) is 2.16. The van der Waals surface area contributed by atoms with Gasteiger partial charge in [0, 0.05) is 18.7 Å². The molecule has 0 heterocycles. The van der Waals surface area contributed by atoms with Crippen LogP contribution in [-0.4, -0.2) is 14.2 Å². The number of hydrogen-bond donors (Lipinski definition) is 2. The molecule has 0 aliphatic heterocycles. The molecule has 0 aromatic heterocycles. The van der Waals surface area contributed by atoms with Crippen molar-refractivity contribution < 1.29 is 12.8 Å². The molecule has 4 nitrogen and oxygen atoms in total. The standard InChI is InChI=1S/C12H19FN2O2S/c1-2-3-6-18(16,17)15-9-11-5-4-10(8-14)7-12(11)13/h4-5,7,15H,2-3,6,8-9,14H2,1H3. The second kappa shape index (κ2) is 6.82. The normalized spacial score (nSPS) is 11.7. The Morgan fingerprint density at radius 2 is 2.11 bits per heavy atom. The molecule has 0 amide bonds. The summed E-state index contributed by atoms with van der Waals surface area (Å²) in [5, 5.41) is 0. The molecule has 0 fully saturated rings. The maximum atomic E-state index is 13.6. The summed E-state index contributed by atoms with van der Waals surface area (Å²) in [6, 6.07) is 4.58. The lowest BCUT2D eigenvalue weighted by molar-refractivity contribution is 0.571. The van der Waals surface area contributed by atoms with Crippen molar-refractivity contribution in [3.63, 3.8) is 0 Å². The third-order valence-electron chi connectivity index (χ3n) is 2.60. The van der Waals surface area contributed by atoms with Crippen molar-refractivity contribution in [3.8, 4) is 0 Å². The molecule has 0 saturated heterocycles. The summed E-state index contributed by atoms with van der Waals surface area (Å²) in [7, 11) is -3.32. The molecular formula is C12H19FN2O2S. The molecule has 18 heavy (non-hydrogen) atoms. The fourth-order valence-electron chi connectivity index (χ4n) is 1.46. The van der Waals surface area contributed by atoms with Gasteiger partial charge in [-0.15, -0.1) is 0 Å². The maximum absolute atomic E-state index is 13.6. The molecule has 6 heteroatoms. The van der Waals surface area contributed by atoms with Gasteiger partial charge in [-0.1, -0.05) is 25.5 Å². The van der Waals surface area contributed by atoms with E-state index in [2.05, 4.69) is 4.72 Å². The molecule has 3 N–H and O–H groups in total. The highest BCUT2D eigenvalue weighted by Gasteiger charge is 2.10. The summed E-state index contributed by atoms with van der Waals surface area (Å²) in [4.78, 5) is 0. The molecule has 0 aliphatic rings. The highest BCUT2D eigenvalue weighted by Crippen LogP contribution is 2.10. The van der Waals surface area contributed by atoms with Gasteiger partial charge in [-0.25, -0.2) is 17.5 Å². The number of hydrogen-bond acceptors (Lipinski definition) is 3. The van der Waals surface area contributed by atoms with Gasteiger partial charge in [-0.05, 0) is 18.1 Å². The third kappa shape index (κ3) is 4.72. The monoisotopic (exact) mass is 274 g/mol. The number of nitrogens with two attached hydrogens (primary N) is 1. The Bertz CT molecular complexity index is 489. The van der Waals surface area contributed by atoms with E-state index >= 15 is 0 Å². The van der Waals surface area contributed by atoms with Crippen molar-refractivity contribution in [3.05, 3.63) is 35.1 Å². The average Bonchev–Trinajstić information content (AvgIpc) is 2.35. The lowest BCUT2D eigenvalue weighted by Gasteiger charge is -2.08. The number of unbranched alkanes of at least 4 members (excludes halogenated alkanes) is 1. The Hall–Kier alpha value is -0.980. The average molecular weight is 274 g/mol. The lowest BCUT2D eigenvalue weighted by atomic mass is 10.1. The van der Waals surface area contributed by atoms with Crippen LogP contribution >= 0.6 is 0 Å². The van der Waals surface area contributed by atoms with Crippen LogP contribution in [0.2, 0.25) is 0 Å². The van der Waals surface area contributed by atoms with E-state index in [1.807, 2.05) is 6.92 Å². The zero-order valence-electron chi connectivity index (χ0n) is 10.4. The molecule has 0 spiro atoms. The number of sulfonamides is 1. The van der Waals surface area contributed by atoms with E-state index < -0.39 is 15.8 Å². The number of nitrogens with one attached hydrogen (secondary N) is 1. The Morgan fingerprint density at radius 3 is 2.67 bits per heavy atom. The summed E-state index contributed by atoms with van der Waals surface area (Å²) in [5.41, 5.74) is 6.40.